The zero-order valence-corrected chi connectivity index (χ0v) is 15.6. The molecule has 0 saturated heterocycles. The third-order valence-corrected chi connectivity index (χ3v) is 5.85. The highest BCUT2D eigenvalue weighted by Gasteiger charge is 2.21. The van der Waals surface area contributed by atoms with Crippen LogP contribution in [0, 0.1) is 0 Å². The number of amides is 1. The summed E-state index contributed by atoms with van der Waals surface area (Å²) in [4.78, 5) is 12.7. The van der Waals surface area contributed by atoms with E-state index in [0.29, 0.717) is 0 Å². The third-order valence-electron chi connectivity index (χ3n) is 4.77. The molecule has 1 aliphatic heterocycles. The van der Waals surface area contributed by atoms with Crippen LogP contribution in [0.4, 0.5) is 5.69 Å². The number of nitrogens with zero attached hydrogens (tertiary/aromatic N) is 3. The molecule has 0 bridgehead atoms. The monoisotopic (exact) mass is 366 g/mol. The fourth-order valence-electron chi connectivity index (χ4n) is 3.33. The Morgan fingerprint density at radius 1 is 1.12 bits per heavy atom. The van der Waals surface area contributed by atoms with Crippen molar-refractivity contribution in [3.05, 3.63) is 48.3 Å². The van der Waals surface area contributed by atoms with Gasteiger partial charge in [-0.1, -0.05) is 54.6 Å². The van der Waals surface area contributed by atoms with Crippen molar-refractivity contribution in [2.75, 3.05) is 5.32 Å². The Kier molecular flexibility index (Phi) is 4.93. The van der Waals surface area contributed by atoms with Crippen molar-refractivity contribution >= 4 is 34.1 Å². The van der Waals surface area contributed by atoms with Crippen molar-refractivity contribution < 1.29 is 4.79 Å². The minimum absolute atomic E-state index is 0.0164. The Morgan fingerprint density at radius 2 is 1.96 bits per heavy atom. The summed E-state index contributed by atoms with van der Waals surface area (Å²) in [7, 11) is 0. The molecule has 0 spiro atoms. The van der Waals surface area contributed by atoms with Gasteiger partial charge >= 0.3 is 0 Å². The van der Waals surface area contributed by atoms with Gasteiger partial charge in [0, 0.05) is 24.0 Å². The molecule has 6 heteroatoms. The molecule has 1 aromatic heterocycles. The fourth-order valence-corrected chi connectivity index (χ4v) is 4.22. The Hall–Kier alpha value is -2.34. The number of hydrogen-bond donors (Lipinski definition) is 1. The summed E-state index contributed by atoms with van der Waals surface area (Å²) in [5.41, 5.74) is 0.848. The number of rotatable bonds is 4. The first kappa shape index (κ1) is 17.1. The van der Waals surface area contributed by atoms with Crippen LogP contribution >= 0.6 is 11.8 Å². The molecule has 4 rings (SSSR count). The van der Waals surface area contributed by atoms with Crippen LogP contribution < -0.4 is 5.32 Å². The van der Waals surface area contributed by atoms with Crippen LogP contribution in [0.5, 0.6) is 0 Å². The molecule has 0 fully saturated rings. The largest absolute Gasteiger partial charge is 0.325 e. The molecule has 1 N–H and O–H groups in total. The highest BCUT2D eigenvalue weighted by atomic mass is 32.2. The van der Waals surface area contributed by atoms with Crippen molar-refractivity contribution in [2.45, 2.75) is 49.6 Å². The van der Waals surface area contributed by atoms with Crippen LogP contribution in [0.2, 0.25) is 0 Å². The van der Waals surface area contributed by atoms with Crippen LogP contribution in [0.3, 0.4) is 0 Å². The van der Waals surface area contributed by atoms with E-state index in [1.807, 2.05) is 37.3 Å². The van der Waals surface area contributed by atoms with Crippen molar-refractivity contribution in [3.8, 4) is 0 Å². The number of anilines is 1. The van der Waals surface area contributed by atoms with Gasteiger partial charge in [-0.3, -0.25) is 4.79 Å². The van der Waals surface area contributed by atoms with E-state index in [2.05, 4.69) is 32.2 Å². The number of carbonyl (C=O) groups excluding carboxylic acids is 1. The molecule has 0 saturated carbocycles. The van der Waals surface area contributed by atoms with Crippen LogP contribution in [0.15, 0.2) is 47.6 Å². The quantitative estimate of drug-likeness (QED) is 0.700. The van der Waals surface area contributed by atoms with E-state index < -0.39 is 0 Å². The first-order chi connectivity index (χ1) is 12.7. The van der Waals surface area contributed by atoms with Gasteiger partial charge in [0.15, 0.2) is 5.16 Å². The summed E-state index contributed by atoms with van der Waals surface area (Å²) in [6.07, 6.45) is 4.52. The van der Waals surface area contributed by atoms with Gasteiger partial charge in [-0.2, -0.15) is 0 Å². The van der Waals surface area contributed by atoms with Gasteiger partial charge in [0.05, 0.1) is 5.25 Å². The summed E-state index contributed by atoms with van der Waals surface area (Å²) in [6, 6.07) is 14.0. The topological polar surface area (TPSA) is 59.8 Å². The van der Waals surface area contributed by atoms with E-state index in [1.54, 1.807) is 0 Å². The summed E-state index contributed by atoms with van der Waals surface area (Å²) in [6.45, 7) is 2.87. The minimum Gasteiger partial charge on any atom is -0.325 e. The molecule has 3 aromatic rings. The molecule has 26 heavy (non-hydrogen) atoms. The Labute approximate surface area is 157 Å². The summed E-state index contributed by atoms with van der Waals surface area (Å²) < 4.78 is 2.18. The van der Waals surface area contributed by atoms with Gasteiger partial charge in [-0.15, -0.1) is 10.2 Å². The number of fused-ring (bicyclic) bond motifs is 2. The van der Waals surface area contributed by atoms with E-state index in [0.717, 1.165) is 46.8 Å². The summed E-state index contributed by atoms with van der Waals surface area (Å²) in [5.74, 6) is 1.03. The van der Waals surface area contributed by atoms with Crippen molar-refractivity contribution in [1.29, 1.82) is 0 Å². The molecular weight excluding hydrogens is 344 g/mol. The number of carbonyl (C=O) groups is 1. The maximum atomic E-state index is 12.7. The summed E-state index contributed by atoms with van der Waals surface area (Å²) >= 11 is 1.48. The smallest absolute Gasteiger partial charge is 0.237 e. The number of aromatic nitrogens is 3. The fraction of sp³-hybridized carbons (Fsp3) is 0.350. The zero-order chi connectivity index (χ0) is 17.9. The lowest BCUT2D eigenvalue weighted by Gasteiger charge is -2.14. The summed E-state index contributed by atoms with van der Waals surface area (Å²) in [5, 5.41) is 14.5. The second-order valence-electron chi connectivity index (χ2n) is 6.64. The molecule has 0 unspecified atom stereocenters. The standard InChI is InChI=1S/C20H22N4OS/c1-14(26-20-23-22-18-12-3-2-6-13-24(18)20)19(25)21-17-11-7-9-15-8-4-5-10-16(15)17/h4-5,7-11,14H,2-3,6,12-13H2,1H3,(H,21,25)/t14-/m0/s1. The van der Waals surface area contributed by atoms with E-state index in [9.17, 15) is 4.79 Å². The molecule has 5 nitrogen and oxygen atoms in total. The van der Waals surface area contributed by atoms with Crippen molar-refractivity contribution in [2.24, 2.45) is 0 Å². The van der Waals surface area contributed by atoms with Crippen LogP contribution in [0.25, 0.3) is 10.8 Å². The lowest BCUT2D eigenvalue weighted by molar-refractivity contribution is -0.115. The van der Waals surface area contributed by atoms with E-state index >= 15 is 0 Å². The van der Waals surface area contributed by atoms with Crippen LogP contribution in [-0.4, -0.2) is 25.9 Å². The average Bonchev–Trinajstić information content (AvgIpc) is 2.88. The second kappa shape index (κ2) is 7.50. The maximum absolute atomic E-state index is 12.7. The van der Waals surface area contributed by atoms with Gasteiger partial charge in [0.25, 0.3) is 0 Å². The first-order valence-electron chi connectivity index (χ1n) is 9.10. The molecule has 2 heterocycles. The van der Waals surface area contributed by atoms with Gasteiger partial charge in [-0.25, -0.2) is 0 Å². The number of hydrogen-bond acceptors (Lipinski definition) is 4. The Bertz CT molecular complexity index is 931. The van der Waals surface area contributed by atoms with E-state index in [-0.39, 0.29) is 11.2 Å². The van der Waals surface area contributed by atoms with Gasteiger partial charge in [-0.05, 0) is 31.2 Å². The first-order valence-corrected chi connectivity index (χ1v) is 9.98. The molecule has 0 radical (unpaired) electrons. The molecule has 1 atom stereocenters. The van der Waals surface area contributed by atoms with E-state index in [1.165, 1.54) is 24.6 Å². The molecule has 1 amide bonds. The van der Waals surface area contributed by atoms with Crippen LogP contribution in [0.1, 0.15) is 32.0 Å². The predicted molar refractivity (Wildman–Crippen MR) is 105 cm³/mol. The molecule has 134 valence electrons. The zero-order valence-electron chi connectivity index (χ0n) is 14.8. The van der Waals surface area contributed by atoms with Crippen LogP contribution in [-0.2, 0) is 17.8 Å². The van der Waals surface area contributed by atoms with Crippen molar-refractivity contribution in [3.63, 3.8) is 0 Å². The highest BCUT2D eigenvalue weighted by molar-refractivity contribution is 8.00. The normalized spacial score (nSPS) is 15.3. The number of benzene rings is 2. The van der Waals surface area contributed by atoms with Gasteiger partial charge in [0.2, 0.25) is 5.91 Å². The Morgan fingerprint density at radius 3 is 2.88 bits per heavy atom. The molecule has 1 aliphatic rings. The minimum atomic E-state index is -0.245. The molecule has 0 aliphatic carbocycles. The number of thioether (sulfide) groups is 1. The highest BCUT2D eigenvalue weighted by Crippen LogP contribution is 2.27. The van der Waals surface area contributed by atoms with Crippen molar-refractivity contribution in [1.82, 2.24) is 14.8 Å². The third kappa shape index (κ3) is 3.46. The predicted octanol–water partition coefficient (Wildman–Crippen LogP) is 4.28. The Balaban J connectivity index is 1.49. The van der Waals surface area contributed by atoms with Gasteiger partial charge < -0.3 is 9.88 Å². The average molecular weight is 366 g/mol. The lowest BCUT2D eigenvalue weighted by Crippen LogP contribution is -2.23. The SMILES string of the molecule is C[C@H](Sc1nnc2n1CCCCC2)C(=O)Nc1cccc2ccccc12. The maximum Gasteiger partial charge on any atom is 0.237 e. The van der Waals surface area contributed by atoms with Gasteiger partial charge in [0.1, 0.15) is 5.82 Å². The second-order valence-corrected chi connectivity index (χ2v) is 7.95. The van der Waals surface area contributed by atoms with E-state index in [4.69, 9.17) is 0 Å². The lowest BCUT2D eigenvalue weighted by atomic mass is 10.1. The molecular formula is C20H22N4OS. The number of aryl methyl sites for hydroxylation is 1. The molecule has 2 aromatic carbocycles. The number of nitrogens with one attached hydrogen (secondary N) is 1.